The quantitative estimate of drug-likeness (QED) is 0.796. The molecule has 3 heterocycles. The number of aryl methyl sites for hydroxylation is 1. The van der Waals surface area contributed by atoms with Gasteiger partial charge in [-0.25, -0.2) is 0 Å². The number of hydrogen-bond donors (Lipinski definition) is 2. The second kappa shape index (κ2) is 7.74. The molecule has 1 aliphatic rings. The van der Waals surface area contributed by atoms with E-state index < -0.39 is 23.0 Å². The number of hydrogen-bond acceptors (Lipinski definition) is 6. The molecule has 0 aliphatic carbocycles. The lowest BCUT2D eigenvalue weighted by molar-refractivity contribution is -0.118. The van der Waals surface area contributed by atoms with E-state index in [0.29, 0.717) is 17.9 Å². The van der Waals surface area contributed by atoms with Crippen molar-refractivity contribution in [2.75, 3.05) is 13.1 Å². The predicted octanol–water partition coefficient (Wildman–Crippen LogP) is 1.07. The summed E-state index contributed by atoms with van der Waals surface area (Å²) >= 11 is 0. The van der Waals surface area contributed by atoms with E-state index in [2.05, 4.69) is 10.00 Å². The van der Waals surface area contributed by atoms with E-state index in [9.17, 15) is 14.7 Å². The van der Waals surface area contributed by atoms with Crippen molar-refractivity contribution in [1.29, 1.82) is 0 Å². The van der Waals surface area contributed by atoms with Crippen LogP contribution >= 0.6 is 0 Å². The fourth-order valence-electron chi connectivity index (χ4n) is 3.39. The van der Waals surface area contributed by atoms with Gasteiger partial charge in [-0.05, 0) is 25.9 Å². The van der Waals surface area contributed by atoms with Crippen LogP contribution in [0.2, 0.25) is 0 Å². The highest BCUT2D eigenvalue weighted by molar-refractivity contribution is 5.75. The van der Waals surface area contributed by atoms with Gasteiger partial charge in [0, 0.05) is 31.3 Å². The molecule has 1 amide bonds. The molecular weight excluding hydrogens is 336 g/mol. The highest BCUT2D eigenvalue weighted by Gasteiger charge is 2.26. The van der Waals surface area contributed by atoms with E-state index >= 15 is 0 Å². The molecule has 2 aromatic heterocycles. The fraction of sp³-hybridized carbons (Fsp3) is 0.500. The normalized spacial score (nSPS) is 16.5. The third-order valence-electron chi connectivity index (χ3n) is 4.68. The van der Waals surface area contributed by atoms with Gasteiger partial charge >= 0.3 is 0 Å². The highest BCUT2D eigenvalue weighted by atomic mass is 16.4. The van der Waals surface area contributed by atoms with Crippen molar-refractivity contribution in [3.8, 4) is 5.75 Å². The molecule has 0 saturated carbocycles. The lowest BCUT2D eigenvalue weighted by Crippen LogP contribution is -2.29. The Hall–Kier alpha value is -2.61. The van der Waals surface area contributed by atoms with Gasteiger partial charge in [0.05, 0.1) is 18.7 Å². The second-order valence-corrected chi connectivity index (χ2v) is 6.80. The summed E-state index contributed by atoms with van der Waals surface area (Å²) in [4.78, 5) is 26.0. The number of nitrogens with zero attached hydrogens (tertiary/aromatic N) is 3. The summed E-state index contributed by atoms with van der Waals surface area (Å²) in [6.45, 7) is 2.40. The van der Waals surface area contributed by atoms with E-state index in [-0.39, 0.29) is 12.2 Å². The first-order valence-electron chi connectivity index (χ1n) is 8.79. The van der Waals surface area contributed by atoms with Gasteiger partial charge in [0.15, 0.2) is 5.76 Å². The Kier molecular flexibility index (Phi) is 5.41. The van der Waals surface area contributed by atoms with Crippen LogP contribution in [-0.2, 0) is 18.4 Å². The molecule has 1 saturated heterocycles. The molecular formula is C18H24N4O4. The van der Waals surface area contributed by atoms with Crippen LogP contribution in [0.1, 0.15) is 48.7 Å². The van der Waals surface area contributed by atoms with Crippen LogP contribution in [0.25, 0.3) is 0 Å². The molecule has 2 aromatic rings. The molecule has 8 heteroatoms. The van der Waals surface area contributed by atoms with Crippen LogP contribution in [0, 0.1) is 0 Å². The molecule has 1 atom stereocenters. The summed E-state index contributed by atoms with van der Waals surface area (Å²) < 4.78 is 7.46. The van der Waals surface area contributed by atoms with Crippen LogP contribution in [-0.4, -0.2) is 38.8 Å². The van der Waals surface area contributed by atoms with E-state index in [0.717, 1.165) is 25.9 Å². The maximum absolute atomic E-state index is 12.3. The maximum atomic E-state index is 12.3. The first kappa shape index (κ1) is 18.2. The van der Waals surface area contributed by atoms with Crippen LogP contribution in [0.15, 0.2) is 27.7 Å². The van der Waals surface area contributed by atoms with Crippen molar-refractivity contribution in [1.82, 2.24) is 14.7 Å². The van der Waals surface area contributed by atoms with Crippen molar-refractivity contribution < 1.29 is 14.3 Å². The topological polar surface area (TPSA) is 115 Å². The van der Waals surface area contributed by atoms with Gasteiger partial charge in [0.25, 0.3) is 0 Å². The minimum Gasteiger partial charge on any atom is -0.502 e. The second-order valence-electron chi connectivity index (χ2n) is 6.80. The van der Waals surface area contributed by atoms with Gasteiger partial charge in [0.1, 0.15) is 5.76 Å². The van der Waals surface area contributed by atoms with Gasteiger partial charge < -0.3 is 15.3 Å². The zero-order valence-electron chi connectivity index (χ0n) is 14.9. The molecule has 140 valence electrons. The minimum absolute atomic E-state index is 0.0660. The number of rotatable bonds is 6. The number of nitrogens with two attached hydrogens (primary N) is 1. The highest BCUT2D eigenvalue weighted by Crippen LogP contribution is 2.32. The monoisotopic (exact) mass is 360 g/mol. The van der Waals surface area contributed by atoms with Crippen molar-refractivity contribution in [2.45, 2.75) is 38.1 Å². The zero-order chi connectivity index (χ0) is 18.7. The van der Waals surface area contributed by atoms with Gasteiger partial charge in [-0.3, -0.25) is 19.2 Å². The number of primary amides is 1. The number of aromatic hydroxyl groups is 1. The van der Waals surface area contributed by atoms with Crippen LogP contribution in [0.5, 0.6) is 5.75 Å². The molecule has 0 spiro atoms. The summed E-state index contributed by atoms with van der Waals surface area (Å²) in [6.07, 6.45) is 6.65. The minimum atomic E-state index is -0.657. The van der Waals surface area contributed by atoms with Crippen molar-refractivity contribution in [2.24, 2.45) is 12.8 Å². The molecule has 0 bridgehead atoms. The summed E-state index contributed by atoms with van der Waals surface area (Å²) in [5, 5.41) is 14.4. The van der Waals surface area contributed by atoms with Crippen molar-refractivity contribution >= 4 is 5.91 Å². The Balaban J connectivity index is 1.97. The smallest absolute Gasteiger partial charge is 0.227 e. The fourth-order valence-corrected chi connectivity index (χ4v) is 3.39. The number of carbonyl (C=O) groups excluding carboxylic acids is 1. The average molecular weight is 360 g/mol. The summed E-state index contributed by atoms with van der Waals surface area (Å²) in [7, 11) is 1.74. The van der Waals surface area contributed by atoms with Gasteiger partial charge in [-0.15, -0.1) is 0 Å². The number of carbonyl (C=O) groups is 1. The number of likely N-dealkylation sites (tertiary alicyclic amines) is 1. The molecule has 26 heavy (non-hydrogen) atoms. The molecule has 3 rings (SSSR count). The van der Waals surface area contributed by atoms with E-state index in [1.165, 1.54) is 12.5 Å². The van der Waals surface area contributed by atoms with E-state index in [4.69, 9.17) is 10.2 Å². The Morgan fingerprint density at radius 1 is 1.38 bits per heavy atom. The first-order chi connectivity index (χ1) is 12.4. The van der Waals surface area contributed by atoms with Crippen molar-refractivity contribution in [3.63, 3.8) is 0 Å². The van der Waals surface area contributed by atoms with Crippen LogP contribution in [0.3, 0.4) is 0 Å². The first-order valence-corrected chi connectivity index (χ1v) is 8.79. The predicted molar refractivity (Wildman–Crippen MR) is 94.6 cm³/mol. The van der Waals surface area contributed by atoms with Gasteiger partial charge in [-0.2, -0.15) is 5.10 Å². The SMILES string of the molecule is Cn1cc([C@@H](CC(N)=O)c2oc(CN3CCCCC3)cc(=O)c2O)cn1. The van der Waals surface area contributed by atoms with Gasteiger partial charge in [-0.1, -0.05) is 6.42 Å². The third kappa shape index (κ3) is 4.13. The van der Waals surface area contributed by atoms with Crippen LogP contribution in [0.4, 0.5) is 0 Å². The average Bonchev–Trinajstić information content (AvgIpc) is 3.03. The zero-order valence-corrected chi connectivity index (χ0v) is 14.9. The van der Waals surface area contributed by atoms with Crippen molar-refractivity contribution in [3.05, 3.63) is 45.8 Å². The number of piperidine rings is 1. The lowest BCUT2D eigenvalue weighted by Gasteiger charge is -2.26. The summed E-state index contributed by atoms with van der Waals surface area (Å²) in [5.41, 5.74) is 5.51. The van der Waals surface area contributed by atoms with E-state index in [1.807, 2.05) is 0 Å². The van der Waals surface area contributed by atoms with Gasteiger partial charge in [0.2, 0.25) is 17.1 Å². The molecule has 3 N–H and O–H groups in total. The number of amides is 1. The Morgan fingerprint density at radius 3 is 2.73 bits per heavy atom. The molecule has 0 unspecified atom stereocenters. The Morgan fingerprint density at radius 2 is 2.12 bits per heavy atom. The lowest BCUT2D eigenvalue weighted by atomic mass is 9.94. The third-order valence-corrected chi connectivity index (χ3v) is 4.68. The Labute approximate surface area is 151 Å². The largest absolute Gasteiger partial charge is 0.502 e. The Bertz CT molecular complexity index is 836. The number of aromatic nitrogens is 2. The molecule has 1 aliphatic heterocycles. The standard InChI is InChI=1S/C18H24N4O4/c1-21-10-12(9-20-21)14(8-16(19)24)18-17(25)15(23)7-13(26-18)11-22-5-3-2-4-6-22/h7,9-10,14,25H,2-6,8,11H2,1H3,(H2,19,24)/t14-/m1/s1. The molecule has 8 nitrogen and oxygen atoms in total. The summed E-state index contributed by atoms with van der Waals surface area (Å²) in [6, 6.07) is 1.32. The van der Waals surface area contributed by atoms with Crippen LogP contribution < -0.4 is 11.2 Å². The van der Waals surface area contributed by atoms with E-state index in [1.54, 1.807) is 24.1 Å². The maximum Gasteiger partial charge on any atom is 0.227 e. The molecule has 0 aromatic carbocycles. The molecule has 0 radical (unpaired) electrons. The molecule has 1 fully saturated rings. The summed E-state index contributed by atoms with van der Waals surface area (Å²) in [5.74, 6) is -1.15.